The minimum Gasteiger partial charge on any atom is -0.479 e. The number of carbonyl (C=O) groups excluding carboxylic acids is 2. The number of fused-ring (bicyclic) bond motifs is 1. The summed E-state index contributed by atoms with van der Waals surface area (Å²) in [5, 5.41) is 2.95. The fourth-order valence-electron chi connectivity index (χ4n) is 2.85. The lowest BCUT2D eigenvalue weighted by molar-refractivity contribution is -0.125. The number of amides is 2. The lowest BCUT2D eigenvalue weighted by atomic mass is 10.1. The van der Waals surface area contributed by atoms with E-state index in [9.17, 15) is 9.59 Å². The second-order valence-corrected chi connectivity index (χ2v) is 6.06. The first-order valence-corrected chi connectivity index (χ1v) is 7.84. The van der Waals surface area contributed by atoms with Gasteiger partial charge in [0.05, 0.1) is 5.69 Å². The third-order valence-corrected chi connectivity index (χ3v) is 4.28. The molecule has 5 heteroatoms. The Morgan fingerprint density at radius 2 is 1.83 bits per heavy atom. The molecule has 0 aromatic heterocycles. The molecule has 0 bridgehead atoms. The Hall–Kier alpha value is -2.82. The summed E-state index contributed by atoms with van der Waals surface area (Å²) in [6.45, 7) is 5.62. The summed E-state index contributed by atoms with van der Waals surface area (Å²) in [7, 11) is 1.69. The fraction of sp³-hybridized carbons (Fsp3) is 0.263. The molecule has 3 rings (SSSR count). The van der Waals surface area contributed by atoms with Crippen LogP contribution in [0.4, 0.5) is 11.4 Å². The summed E-state index contributed by atoms with van der Waals surface area (Å²) in [6, 6.07) is 11.0. The van der Waals surface area contributed by atoms with Crippen LogP contribution in [-0.2, 0) is 4.79 Å². The van der Waals surface area contributed by atoms with Gasteiger partial charge in [0, 0.05) is 18.3 Å². The first kappa shape index (κ1) is 16.1. The summed E-state index contributed by atoms with van der Waals surface area (Å²) in [5.74, 6) is 0.262. The number of aryl methyl sites for hydroxylation is 2. The molecule has 0 aliphatic carbocycles. The Kier molecular flexibility index (Phi) is 4.01. The normalized spacial score (nSPS) is 16.4. The number of anilines is 2. The quantitative estimate of drug-likeness (QED) is 0.922. The van der Waals surface area contributed by atoms with Crippen molar-refractivity contribution in [3.63, 3.8) is 0 Å². The van der Waals surface area contributed by atoms with Gasteiger partial charge in [0.15, 0.2) is 6.10 Å². The van der Waals surface area contributed by atoms with E-state index in [1.54, 1.807) is 32.2 Å². The van der Waals surface area contributed by atoms with Crippen LogP contribution in [-0.4, -0.2) is 25.0 Å². The summed E-state index contributed by atoms with van der Waals surface area (Å²) < 4.78 is 5.58. The molecule has 5 nitrogen and oxygen atoms in total. The Morgan fingerprint density at radius 1 is 1.17 bits per heavy atom. The van der Waals surface area contributed by atoms with Crippen LogP contribution in [0.5, 0.6) is 5.75 Å². The zero-order chi connectivity index (χ0) is 17.4. The number of ether oxygens (including phenoxy) is 1. The van der Waals surface area contributed by atoms with Crippen molar-refractivity contribution in [2.24, 2.45) is 0 Å². The van der Waals surface area contributed by atoms with Crippen molar-refractivity contribution in [1.29, 1.82) is 0 Å². The topological polar surface area (TPSA) is 58.6 Å². The molecule has 1 unspecified atom stereocenters. The highest BCUT2D eigenvalue weighted by Gasteiger charge is 2.29. The highest BCUT2D eigenvalue weighted by Crippen LogP contribution is 2.34. The van der Waals surface area contributed by atoms with Gasteiger partial charge in [-0.25, -0.2) is 0 Å². The van der Waals surface area contributed by atoms with E-state index in [0.717, 1.165) is 16.8 Å². The minimum atomic E-state index is -0.517. The monoisotopic (exact) mass is 324 g/mol. The van der Waals surface area contributed by atoms with Gasteiger partial charge >= 0.3 is 0 Å². The summed E-state index contributed by atoms with van der Waals surface area (Å²) in [5.41, 5.74) is 3.91. The highest BCUT2D eigenvalue weighted by atomic mass is 16.5. The average Bonchev–Trinajstić information content (AvgIpc) is 2.56. The Labute approximate surface area is 141 Å². The number of rotatable bonds is 2. The maximum atomic E-state index is 12.6. The summed E-state index contributed by atoms with van der Waals surface area (Å²) in [6.07, 6.45) is -0.517. The zero-order valence-electron chi connectivity index (χ0n) is 14.2. The SMILES string of the molecule is Cc1cccc(C)c1NC(=O)c1ccc2c(c1)N(C)C(=O)C(C)O2. The standard InChI is InChI=1S/C19H20N2O3/c1-11-6-5-7-12(2)17(11)20-18(22)14-8-9-16-15(10-14)21(4)19(23)13(3)24-16/h5-10,13H,1-4H3,(H,20,22). The maximum Gasteiger partial charge on any atom is 0.267 e. The molecule has 0 saturated carbocycles. The minimum absolute atomic E-state index is 0.130. The van der Waals surface area contributed by atoms with Crippen molar-refractivity contribution in [1.82, 2.24) is 0 Å². The average molecular weight is 324 g/mol. The van der Waals surface area contributed by atoms with E-state index in [1.165, 1.54) is 4.90 Å². The molecule has 24 heavy (non-hydrogen) atoms. The summed E-state index contributed by atoms with van der Waals surface area (Å²) >= 11 is 0. The predicted molar refractivity (Wildman–Crippen MR) is 93.8 cm³/mol. The van der Waals surface area contributed by atoms with Crippen LogP contribution in [0.3, 0.4) is 0 Å². The Morgan fingerprint density at radius 3 is 2.50 bits per heavy atom. The van der Waals surface area contributed by atoms with Gasteiger partial charge in [0.25, 0.3) is 11.8 Å². The van der Waals surface area contributed by atoms with Crippen molar-refractivity contribution in [3.05, 3.63) is 53.1 Å². The number of likely N-dealkylation sites (N-methyl/N-ethyl adjacent to an activating group) is 1. The van der Waals surface area contributed by atoms with Crippen LogP contribution in [0.2, 0.25) is 0 Å². The number of nitrogens with one attached hydrogen (secondary N) is 1. The molecule has 0 fully saturated rings. The second-order valence-electron chi connectivity index (χ2n) is 6.06. The smallest absolute Gasteiger partial charge is 0.267 e. The summed E-state index contributed by atoms with van der Waals surface area (Å²) in [4.78, 5) is 26.2. The number of hydrogen-bond acceptors (Lipinski definition) is 3. The first-order chi connectivity index (χ1) is 11.4. The highest BCUT2D eigenvalue weighted by molar-refractivity contribution is 6.07. The number of para-hydroxylation sites is 1. The Bertz CT molecular complexity index is 809. The van der Waals surface area contributed by atoms with E-state index in [1.807, 2.05) is 32.0 Å². The first-order valence-electron chi connectivity index (χ1n) is 7.84. The van der Waals surface area contributed by atoms with Crippen molar-refractivity contribution in [3.8, 4) is 5.75 Å². The van der Waals surface area contributed by atoms with Crippen LogP contribution in [0, 0.1) is 13.8 Å². The van der Waals surface area contributed by atoms with Gasteiger partial charge in [-0.05, 0) is 50.1 Å². The molecule has 1 heterocycles. The van der Waals surface area contributed by atoms with E-state index in [4.69, 9.17) is 4.74 Å². The maximum absolute atomic E-state index is 12.6. The van der Waals surface area contributed by atoms with Crippen molar-refractivity contribution in [2.75, 3.05) is 17.3 Å². The van der Waals surface area contributed by atoms with E-state index in [-0.39, 0.29) is 11.8 Å². The lowest BCUT2D eigenvalue weighted by Gasteiger charge is -2.30. The molecule has 124 valence electrons. The van der Waals surface area contributed by atoms with Crippen LogP contribution in [0.25, 0.3) is 0 Å². The molecule has 2 amide bonds. The van der Waals surface area contributed by atoms with Gasteiger partial charge in [0.1, 0.15) is 5.75 Å². The van der Waals surface area contributed by atoms with Crippen molar-refractivity contribution >= 4 is 23.2 Å². The molecule has 0 saturated heterocycles. The third kappa shape index (κ3) is 2.73. The van der Waals surface area contributed by atoms with Crippen LogP contribution < -0.4 is 15.0 Å². The second kappa shape index (κ2) is 6.00. The van der Waals surface area contributed by atoms with E-state index < -0.39 is 6.10 Å². The number of nitrogens with zero attached hydrogens (tertiary/aromatic N) is 1. The van der Waals surface area contributed by atoms with Gasteiger partial charge in [-0.1, -0.05) is 18.2 Å². The van der Waals surface area contributed by atoms with Gasteiger partial charge in [-0.15, -0.1) is 0 Å². The molecule has 1 aliphatic rings. The lowest BCUT2D eigenvalue weighted by Crippen LogP contribution is -2.42. The molecule has 2 aromatic carbocycles. The third-order valence-electron chi connectivity index (χ3n) is 4.28. The zero-order valence-corrected chi connectivity index (χ0v) is 14.2. The van der Waals surface area contributed by atoms with E-state index in [2.05, 4.69) is 5.32 Å². The van der Waals surface area contributed by atoms with Crippen LogP contribution >= 0.6 is 0 Å². The molecule has 0 radical (unpaired) electrons. The molecular weight excluding hydrogens is 304 g/mol. The van der Waals surface area contributed by atoms with Gasteiger partial charge < -0.3 is 15.0 Å². The van der Waals surface area contributed by atoms with Crippen LogP contribution in [0.1, 0.15) is 28.4 Å². The molecule has 1 atom stereocenters. The number of benzene rings is 2. The van der Waals surface area contributed by atoms with Gasteiger partial charge in [-0.2, -0.15) is 0 Å². The van der Waals surface area contributed by atoms with E-state index >= 15 is 0 Å². The number of hydrogen-bond donors (Lipinski definition) is 1. The molecule has 0 spiro atoms. The fourth-order valence-corrected chi connectivity index (χ4v) is 2.85. The van der Waals surface area contributed by atoms with Crippen LogP contribution in [0.15, 0.2) is 36.4 Å². The number of carbonyl (C=O) groups is 2. The Balaban J connectivity index is 1.91. The van der Waals surface area contributed by atoms with Crippen molar-refractivity contribution < 1.29 is 14.3 Å². The molecule has 1 N–H and O–H groups in total. The largest absolute Gasteiger partial charge is 0.479 e. The molecule has 2 aromatic rings. The van der Waals surface area contributed by atoms with Gasteiger partial charge in [0.2, 0.25) is 0 Å². The molecular formula is C19H20N2O3. The van der Waals surface area contributed by atoms with Crippen molar-refractivity contribution in [2.45, 2.75) is 26.9 Å². The molecule has 1 aliphatic heterocycles. The van der Waals surface area contributed by atoms with E-state index in [0.29, 0.717) is 17.0 Å². The predicted octanol–water partition coefficient (Wildman–Crippen LogP) is 3.30. The van der Waals surface area contributed by atoms with Gasteiger partial charge in [-0.3, -0.25) is 9.59 Å².